The lowest BCUT2D eigenvalue weighted by Gasteiger charge is -2.38. The highest BCUT2D eigenvalue weighted by Crippen LogP contribution is 2.25. The van der Waals surface area contributed by atoms with Crippen molar-refractivity contribution in [3.05, 3.63) is 0 Å². The Morgan fingerprint density at radius 3 is 2.35 bits per heavy atom. The molecule has 100 valence electrons. The summed E-state index contributed by atoms with van der Waals surface area (Å²) in [7, 11) is 0. The molecule has 0 amide bonds. The molecule has 2 unspecified atom stereocenters. The Morgan fingerprint density at radius 2 is 1.71 bits per heavy atom. The molecule has 2 rings (SSSR count). The van der Waals surface area contributed by atoms with E-state index in [-0.39, 0.29) is 0 Å². The second-order valence-corrected chi connectivity index (χ2v) is 5.80. The topological polar surface area (TPSA) is 32.5 Å². The molecule has 3 nitrogen and oxygen atoms in total. The third-order valence-corrected chi connectivity index (χ3v) is 4.73. The Kier molecular flexibility index (Phi) is 5.26. The first-order valence-electron chi connectivity index (χ1n) is 7.48. The Bertz CT molecular complexity index is 214. The van der Waals surface area contributed by atoms with Gasteiger partial charge in [-0.15, -0.1) is 0 Å². The van der Waals surface area contributed by atoms with Crippen LogP contribution in [0.3, 0.4) is 0 Å². The van der Waals surface area contributed by atoms with Gasteiger partial charge in [-0.25, -0.2) is 0 Å². The lowest BCUT2D eigenvalue weighted by molar-refractivity contribution is 0.110. The fourth-order valence-electron chi connectivity index (χ4n) is 3.42. The number of nitrogens with zero attached hydrogens (tertiary/aromatic N) is 2. The molecule has 2 aliphatic rings. The highest BCUT2D eigenvalue weighted by molar-refractivity contribution is 4.81. The zero-order valence-corrected chi connectivity index (χ0v) is 11.4. The van der Waals surface area contributed by atoms with Crippen molar-refractivity contribution in [2.24, 2.45) is 17.6 Å². The average molecular weight is 239 g/mol. The van der Waals surface area contributed by atoms with Crippen molar-refractivity contribution < 1.29 is 0 Å². The van der Waals surface area contributed by atoms with E-state index in [1.54, 1.807) is 0 Å². The zero-order valence-electron chi connectivity index (χ0n) is 11.4. The molecule has 3 heteroatoms. The normalized spacial score (nSPS) is 32.1. The maximum atomic E-state index is 5.86. The van der Waals surface area contributed by atoms with Crippen LogP contribution in [-0.4, -0.2) is 55.6 Å². The second-order valence-electron chi connectivity index (χ2n) is 5.80. The number of rotatable bonds is 5. The molecule has 0 saturated carbocycles. The predicted molar refractivity (Wildman–Crippen MR) is 73.1 cm³/mol. The standard InChI is InChI=1S/C14H29N3/c1-2-13-12-17(8-5-14(13)11-15)10-9-16-6-3-4-7-16/h13-14H,2-12,15H2,1H3. The first kappa shape index (κ1) is 13.3. The van der Waals surface area contributed by atoms with Crippen LogP contribution >= 0.6 is 0 Å². The molecule has 17 heavy (non-hydrogen) atoms. The van der Waals surface area contributed by atoms with Crippen LogP contribution in [0.4, 0.5) is 0 Å². The second kappa shape index (κ2) is 6.72. The molecule has 0 aromatic rings. The van der Waals surface area contributed by atoms with Crippen LogP contribution in [0.5, 0.6) is 0 Å². The summed E-state index contributed by atoms with van der Waals surface area (Å²) >= 11 is 0. The summed E-state index contributed by atoms with van der Waals surface area (Å²) in [4.78, 5) is 5.29. The number of hydrogen-bond acceptors (Lipinski definition) is 3. The van der Waals surface area contributed by atoms with E-state index in [9.17, 15) is 0 Å². The summed E-state index contributed by atoms with van der Waals surface area (Å²) in [5.74, 6) is 1.62. The average Bonchev–Trinajstić information content (AvgIpc) is 2.89. The van der Waals surface area contributed by atoms with Gasteiger partial charge < -0.3 is 15.5 Å². The van der Waals surface area contributed by atoms with Crippen LogP contribution < -0.4 is 5.73 Å². The SMILES string of the molecule is CCC1CN(CCN2CCCC2)CCC1CN. The highest BCUT2D eigenvalue weighted by Gasteiger charge is 2.27. The van der Waals surface area contributed by atoms with Crippen molar-refractivity contribution in [3.8, 4) is 0 Å². The minimum absolute atomic E-state index is 0.781. The number of piperidine rings is 1. The Hall–Kier alpha value is -0.120. The van der Waals surface area contributed by atoms with Gasteiger partial charge in [-0.3, -0.25) is 0 Å². The Labute approximate surface area is 106 Å². The van der Waals surface area contributed by atoms with E-state index < -0.39 is 0 Å². The van der Waals surface area contributed by atoms with E-state index in [0.717, 1.165) is 18.4 Å². The summed E-state index contributed by atoms with van der Waals surface area (Å²) in [5.41, 5.74) is 5.86. The Balaban J connectivity index is 1.71. The monoisotopic (exact) mass is 239 g/mol. The van der Waals surface area contributed by atoms with E-state index in [1.807, 2.05) is 0 Å². The number of hydrogen-bond donors (Lipinski definition) is 1. The van der Waals surface area contributed by atoms with Crippen molar-refractivity contribution in [1.29, 1.82) is 0 Å². The molecule has 2 heterocycles. The quantitative estimate of drug-likeness (QED) is 0.787. The maximum absolute atomic E-state index is 5.86. The van der Waals surface area contributed by atoms with Crippen molar-refractivity contribution in [2.45, 2.75) is 32.6 Å². The highest BCUT2D eigenvalue weighted by atomic mass is 15.2. The molecule has 0 aliphatic carbocycles. The lowest BCUT2D eigenvalue weighted by Crippen LogP contribution is -2.45. The van der Waals surface area contributed by atoms with Gasteiger partial charge in [-0.05, 0) is 57.3 Å². The van der Waals surface area contributed by atoms with E-state index in [2.05, 4.69) is 16.7 Å². The third-order valence-electron chi connectivity index (χ3n) is 4.73. The van der Waals surface area contributed by atoms with Crippen molar-refractivity contribution in [1.82, 2.24) is 9.80 Å². The summed E-state index contributed by atoms with van der Waals surface area (Å²) in [5, 5.41) is 0. The third kappa shape index (κ3) is 3.67. The fourth-order valence-corrected chi connectivity index (χ4v) is 3.42. The molecule has 0 aromatic carbocycles. The van der Waals surface area contributed by atoms with Gasteiger partial charge >= 0.3 is 0 Å². The van der Waals surface area contributed by atoms with E-state index in [4.69, 9.17) is 5.73 Å². The number of likely N-dealkylation sites (tertiary alicyclic amines) is 2. The van der Waals surface area contributed by atoms with Gasteiger partial charge in [0.05, 0.1) is 0 Å². The fraction of sp³-hybridized carbons (Fsp3) is 1.00. The molecule has 0 spiro atoms. The smallest absolute Gasteiger partial charge is 0.0109 e. The zero-order chi connectivity index (χ0) is 12.1. The molecule has 2 saturated heterocycles. The lowest BCUT2D eigenvalue weighted by atomic mass is 9.84. The first-order valence-corrected chi connectivity index (χ1v) is 7.48. The van der Waals surface area contributed by atoms with Crippen molar-refractivity contribution >= 4 is 0 Å². The van der Waals surface area contributed by atoms with Gasteiger partial charge in [0, 0.05) is 19.6 Å². The van der Waals surface area contributed by atoms with Gasteiger partial charge in [0.15, 0.2) is 0 Å². The maximum Gasteiger partial charge on any atom is 0.0109 e. The summed E-state index contributed by atoms with van der Waals surface area (Å²) in [6.45, 7) is 11.0. The molecular weight excluding hydrogens is 210 g/mol. The summed E-state index contributed by atoms with van der Waals surface area (Å²) < 4.78 is 0. The van der Waals surface area contributed by atoms with Crippen molar-refractivity contribution in [3.63, 3.8) is 0 Å². The molecule has 2 atom stereocenters. The van der Waals surface area contributed by atoms with E-state index >= 15 is 0 Å². The molecule has 0 radical (unpaired) electrons. The van der Waals surface area contributed by atoms with Gasteiger partial charge in [-0.1, -0.05) is 13.3 Å². The van der Waals surface area contributed by atoms with E-state index in [1.165, 1.54) is 65.0 Å². The van der Waals surface area contributed by atoms with Gasteiger partial charge in [-0.2, -0.15) is 0 Å². The van der Waals surface area contributed by atoms with Crippen LogP contribution in [0.15, 0.2) is 0 Å². The molecular formula is C14H29N3. The van der Waals surface area contributed by atoms with Gasteiger partial charge in [0.2, 0.25) is 0 Å². The minimum atomic E-state index is 0.781. The summed E-state index contributed by atoms with van der Waals surface area (Å²) in [6, 6.07) is 0. The molecule has 0 bridgehead atoms. The first-order chi connectivity index (χ1) is 8.33. The largest absolute Gasteiger partial charge is 0.330 e. The molecule has 0 aromatic heterocycles. The molecule has 2 N–H and O–H groups in total. The molecule has 2 aliphatic heterocycles. The summed E-state index contributed by atoms with van der Waals surface area (Å²) in [6.07, 6.45) is 5.43. The van der Waals surface area contributed by atoms with Crippen molar-refractivity contribution in [2.75, 3.05) is 45.8 Å². The van der Waals surface area contributed by atoms with Crippen LogP contribution in [0.2, 0.25) is 0 Å². The van der Waals surface area contributed by atoms with Crippen LogP contribution in [0.25, 0.3) is 0 Å². The predicted octanol–water partition coefficient (Wildman–Crippen LogP) is 1.39. The van der Waals surface area contributed by atoms with E-state index in [0.29, 0.717) is 0 Å². The minimum Gasteiger partial charge on any atom is -0.330 e. The van der Waals surface area contributed by atoms with Crippen LogP contribution in [0, 0.1) is 11.8 Å². The Morgan fingerprint density at radius 1 is 1.00 bits per heavy atom. The molecule has 2 fully saturated rings. The van der Waals surface area contributed by atoms with Crippen LogP contribution in [0.1, 0.15) is 32.6 Å². The van der Waals surface area contributed by atoms with Crippen LogP contribution in [-0.2, 0) is 0 Å². The van der Waals surface area contributed by atoms with Gasteiger partial charge in [0.1, 0.15) is 0 Å². The van der Waals surface area contributed by atoms with Gasteiger partial charge in [0.25, 0.3) is 0 Å². The number of nitrogens with two attached hydrogens (primary N) is 1.